The summed E-state index contributed by atoms with van der Waals surface area (Å²) in [6.07, 6.45) is 1.24. The number of aliphatic hydroxyl groups excluding tert-OH is 1. The first-order valence-corrected chi connectivity index (χ1v) is 3.66. The number of nitrogens with zero attached hydrogens (tertiary/aromatic N) is 2. The summed E-state index contributed by atoms with van der Waals surface area (Å²) in [6, 6.07) is 0. The zero-order chi connectivity index (χ0) is 9.14. The van der Waals surface area contributed by atoms with Gasteiger partial charge in [0.25, 0.3) is 0 Å². The molecule has 0 aliphatic carbocycles. The molecule has 5 heteroatoms. The van der Waals surface area contributed by atoms with E-state index in [1.54, 1.807) is 6.92 Å². The van der Waals surface area contributed by atoms with Gasteiger partial charge in [-0.15, -0.1) is 0 Å². The molecule has 0 atom stereocenters. The summed E-state index contributed by atoms with van der Waals surface area (Å²) in [4.78, 5) is 18.4. The summed E-state index contributed by atoms with van der Waals surface area (Å²) in [5.74, 6) is -0.456. The zero-order valence-corrected chi connectivity index (χ0v) is 7.17. The maximum atomic E-state index is 10.9. The minimum absolute atomic E-state index is 0.138. The Morgan fingerprint density at radius 1 is 1.75 bits per heavy atom. The number of carbonyl (C=O) groups is 1. The van der Waals surface area contributed by atoms with Crippen molar-refractivity contribution >= 4 is 17.4 Å². The number of aliphatic hydroxyl groups is 1. The van der Waals surface area contributed by atoms with Gasteiger partial charge in [0.05, 0.1) is 11.9 Å². The van der Waals surface area contributed by atoms with Crippen molar-refractivity contribution in [3.05, 3.63) is 22.7 Å². The predicted molar refractivity (Wildman–Crippen MR) is 43.2 cm³/mol. The molecule has 0 bridgehead atoms. The lowest BCUT2D eigenvalue weighted by atomic mass is 10.3. The predicted octanol–water partition coefficient (Wildman–Crippen LogP) is 0.613. The lowest BCUT2D eigenvalue weighted by Gasteiger charge is -1.98. The van der Waals surface area contributed by atoms with E-state index in [9.17, 15) is 4.79 Å². The Hall–Kier alpha value is -1.00. The maximum absolute atomic E-state index is 10.9. The number of rotatable bonds is 2. The van der Waals surface area contributed by atoms with Crippen LogP contribution < -0.4 is 0 Å². The van der Waals surface area contributed by atoms with E-state index in [0.29, 0.717) is 5.69 Å². The SMILES string of the molecule is Cc1nc(C(=O)CO)cnc1Cl. The molecule has 1 N–H and O–H groups in total. The van der Waals surface area contributed by atoms with E-state index in [1.807, 2.05) is 0 Å². The fraction of sp³-hybridized carbons (Fsp3) is 0.286. The first kappa shape index (κ1) is 9.09. The molecular weight excluding hydrogens is 180 g/mol. The minimum atomic E-state index is -0.560. The van der Waals surface area contributed by atoms with E-state index in [0.717, 1.165) is 0 Å². The molecular formula is C7H7ClN2O2. The lowest BCUT2D eigenvalue weighted by Crippen LogP contribution is -2.08. The van der Waals surface area contributed by atoms with Crippen LogP contribution in [-0.4, -0.2) is 27.5 Å². The molecule has 4 nitrogen and oxygen atoms in total. The average molecular weight is 187 g/mol. The third kappa shape index (κ3) is 1.78. The van der Waals surface area contributed by atoms with E-state index >= 15 is 0 Å². The highest BCUT2D eigenvalue weighted by molar-refractivity contribution is 6.30. The Bertz CT molecular complexity index is 314. The topological polar surface area (TPSA) is 63.1 Å². The molecule has 64 valence electrons. The standard InChI is InChI=1S/C7H7ClN2O2/c1-4-7(8)9-2-5(10-4)6(12)3-11/h2,11H,3H2,1H3. The fourth-order valence-electron chi connectivity index (χ4n) is 0.682. The first-order chi connectivity index (χ1) is 5.65. The molecule has 0 aliphatic heterocycles. The van der Waals surface area contributed by atoms with Gasteiger partial charge in [0, 0.05) is 0 Å². The van der Waals surface area contributed by atoms with Crippen molar-refractivity contribution in [3.63, 3.8) is 0 Å². The Morgan fingerprint density at radius 2 is 2.42 bits per heavy atom. The number of hydrogen-bond acceptors (Lipinski definition) is 4. The molecule has 0 amide bonds. The summed E-state index contributed by atoms with van der Waals surface area (Å²) in [6.45, 7) is 1.08. The number of ketones is 1. The van der Waals surface area contributed by atoms with E-state index in [1.165, 1.54) is 6.20 Å². The van der Waals surface area contributed by atoms with Crippen molar-refractivity contribution < 1.29 is 9.90 Å². The number of aromatic nitrogens is 2. The van der Waals surface area contributed by atoms with Crippen LogP contribution in [0.3, 0.4) is 0 Å². The van der Waals surface area contributed by atoms with Crippen molar-refractivity contribution in [2.45, 2.75) is 6.92 Å². The normalized spacial score (nSPS) is 9.92. The van der Waals surface area contributed by atoms with E-state index in [2.05, 4.69) is 9.97 Å². The Balaban J connectivity index is 3.05. The van der Waals surface area contributed by atoms with Crippen LogP contribution in [0.1, 0.15) is 16.2 Å². The summed E-state index contributed by atoms with van der Waals surface area (Å²) < 4.78 is 0. The average Bonchev–Trinajstić information content (AvgIpc) is 2.08. The van der Waals surface area contributed by atoms with Gasteiger partial charge in [-0.25, -0.2) is 9.97 Å². The number of carbonyl (C=O) groups excluding carboxylic acids is 1. The molecule has 1 aromatic heterocycles. The van der Waals surface area contributed by atoms with Crippen LogP contribution in [0, 0.1) is 6.92 Å². The monoisotopic (exact) mass is 186 g/mol. The van der Waals surface area contributed by atoms with Crippen molar-refractivity contribution in [3.8, 4) is 0 Å². The molecule has 0 radical (unpaired) electrons. The molecule has 1 rings (SSSR count). The number of aryl methyl sites for hydroxylation is 1. The third-order valence-corrected chi connectivity index (χ3v) is 1.69. The van der Waals surface area contributed by atoms with Crippen molar-refractivity contribution in [1.29, 1.82) is 0 Å². The second-order valence-electron chi connectivity index (χ2n) is 2.21. The molecule has 0 spiro atoms. The van der Waals surface area contributed by atoms with Crippen LogP contribution in [-0.2, 0) is 0 Å². The molecule has 0 fully saturated rings. The molecule has 0 saturated carbocycles. The maximum Gasteiger partial charge on any atom is 0.208 e. The molecule has 1 aromatic rings. The number of hydrogen-bond donors (Lipinski definition) is 1. The van der Waals surface area contributed by atoms with Crippen molar-refractivity contribution in [1.82, 2.24) is 9.97 Å². The molecule has 0 aliphatic rings. The van der Waals surface area contributed by atoms with Gasteiger partial charge in [-0.1, -0.05) is 11.6 Å². The summed E-state index contributed by atoms with van der Waals surface area (Å²) >= 11 is 5.58. The molecule has 0 aromatic carbocycles. The number of Topliss-reactive ketones (excluding diaryl/α,β-unsaturated/α-hetero) is 1. The Morgan fingerprint density at radius 3 is 2.92 bits per heavy atom. The highest BCUT2D eigenvalue weighted by Crippen LogP contribution is 2.08. The smallest absolute Gasteiger partial charge is 0.208 e. The highest BCUT2D eigenvalue weighted by Gasteiger charge is 2.07. The summed E-state index contributed by atoms with van der Waals surface area (Å²) in [5.41, 5.74) is 0.621. The fourth-order valence-corrected chi connectivity index (χ4v) is 0.773. The van der Waals surface area contributed by atoms with Crippen molar-refractivity contribution in [2.75, 3.05) is 6.61 Å². The van der Waals surface area contributed by atoms with Gasteiger partial charge in [-0.3, -0.25) is 4.79 Å². The van der Waals surface area contributed by atoms with E-state index in [-0.39, 0.29) is 10.8 Å². The van der Waals surface area contributed by atoms with Gasteiger partial charge in [-0.05, 0) is 6.92 Å². The molecule has 1 heterocycles. The molecule has 0 unspecified atom stereocenters. The Kier molecular flexibility index (Phi) is 2.73. The quantitative estimate of drug-likeness (QED) is 0.688. The van der Waals surface area contributed by atoms with Crippen LogP contribution in [0.4, 0.5) is 0 Å². The van der Waals surface area contributed by atoms with Gasteiger partial charge in [-0.2, -0.15) is 0 Å². The molecule has 0 saturated heterocycles. The van der Waals surface area contributed by atoms with Gasteiger partial charge < -0.3 is 5.11 Å². The van der Waals surface area contributed by atoms with Gasteiger partial charge in [0.1, 0.15) is 17.5 Å². The largest absolute Gasteiger partial charge is 0.388 e. The van der Waals surface area contributed by atoms with Gasteiger partial charge >= 0.3 is 0 Å². The highest BCUT2D eigenvalue weighted by atomic mass is 35.5. The zero-order valence-electron chi connectivity index (χ0n) is 6.41. The lowest BCUT2D eigenvalue weighted by molar-refractivity contribution is 0.0898. The van der Waals surface area contributed by atoms with Crippen molar-refractivity contribution in [2.24, 2.45) is 0 Å². The summed E-state index contributed by atoms with van der Waals surface area (Å²) in [5, 5.41) is 8.77. The number of halogens is 1. The second-order valence-corrected chi connectivity index (χ2v) is 2.57. The van der Waals surface area contributed by atoms with Crippen LogP contribution in [0.5, 0.6) is 0 Å². The first-order valence-electron chi connectivity index (χ1n) is 3.28. The van der Waals surface area contributed by atoms with Gasteiger partial charge in [0.2, 0.25) is 5.78 Å². The van der Waals surface area contributed by atoms with Crippen LogP contribution in [0.2, 0.25) is 5.15 Å². The van der Waals surface area contributed by atoms with Gasteiger partial charge in [0.15, 0.2) is 0 Å². The van der Waals surface area contributed by atoms with E-state index in [4.69, 9.17) is 16.7 Å². The van der Waals surface area contributed by atoms with E-state index < -0.39 is 12.4 Å². The second kappa shape index (κ2) is 3.60. The van der Waals surface area contributed by atoms with Crippen LogP contribution in [0.15, 0.2) is 6.20 Å². The molecule has 12 heavy (non-hydrogen) atoms. The summed E-state index contributed by atoms with van der Waals surface area (Å²) in [7, 11) is 0. The van der Waals surface area contributed by atoms with Crippen LogP contribution in [0.25, 0.3) is 0 Å². The minimum Gasteiger partial charge on any atom is -0.388 e. The van der Waals surface area contributed by atoms with Crippen LogP contribution >= 0.6 is 11.6 Å². The third-order valence-electron chi connectivity index (χ3n) is 1.32. The Labute approximate surface area is 74.2 Å².